The molecule has 5 atom stereocenters. The number of nitrogens with one attached hydrogen (secondary N) is 2. The molecule has 1 fully saturated rings. The maximum atomic E-state index is 10.9. The molecule has 1 unspecified atom stereocenters. The van der Waals surface area contributed by atoms with Crippen molar-refractivity contribution in [1.82, 2.24) is 34.2 Å². The minimum Gasteiger partial charge on any atom is -0.387 e. The second-order valence-corrected chi connectivity index (χ2v) is 9.84. The molecular weight excluding hydrogens is 506 g/mol. The van der Waals surface area contributed by atoms with Crippen LogP contribution in [0.1, 0.15) is 69.2 Å². The van der Waals surface area contributed by atoms with Crippen LogP contribution in [-0.4, -0.2) is 74.3 Å². The average molecular weight is 542 g/mol. The predicted molar refractivity (Wildman–Crippen MR) is 141 cm³/mol. The largest absolute Gasteiger partial charge is 0.387 e. The summed E-state index contributed by atoms with van der Waals surface area (Å²) in [5.41, 5.74) is 2.19. The van der Waals surface area contributed by atoms with Crippen molar-refractivity contribution in [3.05, 3.63) is 42.1 Å². The molecule has 0 amide bonds. The fourth-order valence-corrected chi connectivity index (χ4v) is 4.63. The van der Waals surface area contributed by atoms with Crippen LogP contribution in [0.25, 0.3) is 11.2 Å². The van der Waals surface area contributed by atoms with Crippen molar-refractivity contribution in [1.29, 1.82) is 0 Å². The zero-order valence-electron chi connectivity index (χ0n) is 22.4. The highest BCUT2D eigenvalue weighted by atomic mass is 16.6. The second-order valence-electron chi connectivity index (χ2n) is 9.84. The zero-order valence-corrected chi connectivity index (χ0v) is 22.4. The van der Waals surface area contributed by atoms with Crippen LogP contribution < -0.4 is 10.6 Å². The van der Waals surface area contributed by atoms with Gasteiger partial charge in [0.15, 0.2) is 29.0 Å². The van der Waals surface area contributed by atoms with E-state index in [4.69, 9.17) is 19.2 Å². The summed E-state index contributed by atoms with van der Waals surface area (Å²) in [5, 5.41) is 42.1. The number of aryl methyl sites for hydroxylation is 1. The summed E-state index contributed by atoms with van der Waals surface area (Å²) in [7, 11) is 1.92. The normalized spacial score (nSPS) is 22.2. The first kappa shape index (κ1) is 27.0. The smallest absolute Gasteiger partial charge is 0.226 e. The lowest BCUT2D eigenvalue weighted by Gasteiger charge is -2.18. The van der Waals surface area contributed by atoms with E-state index in [9.17, 15) is 15.3 Å². The first-order chi connectivity index (χ1) is 18.8. The maximum Gasteiger partial charge on any atom is 0.226 e. The Morgan fingerprint density at radius 3 is 2.56 bits per heavy atom. The Morgan fingerprint density at radius 2 is 1.90 bits per heavy atom. The van der Waals surface area contributed by atoms with E-state index in [1.54, 1.807) is 17.8 Å². The van der Waals surface area contributed by atoms with Crippen molar-refractivity contribution < 1.29 is 24.6 Å². The van der Waals surface area contributed by atoms with Crippen molar-refractivity contribution in [2.24, 2.45) is 7.05 Å². The number of anilines is 2. The van der Waals surface area contributed by atoms with E-state index >= 15 is 0 Å². The van der Waals surface area contributed by atoms with Crippen LogP contribution in [0.4, 0.5) is 11.8 Å². The van der Waals surface area contributed by atoms with Crippen LogP contribution in [0, 0.1) is 0 Å². The van der Waals surface area contributed by atoms with Gasteiger partial charge in [0.05, 0.1) is 24.5 Å². The number of ether oxygens (including phenoxy) is 1. The van der Waals surface area contributed by atoms with Gasteiger partial charge in [0, 0.05) is 38.3 Å². The zero-order chi connectivity index (χ0) is 27.7. The number of nitrogens with zero attached hydrogens (tertiary/aromatic N) is 7. The van der Waals surface area contributed by atoms with Crippen molar-refractivity contribution in [3.63, 3.8) is 0 Å². The fraction of sp³-hybridized carbons (Fsp3) is 0.560. The van der Waals surface area contributed by atoms with Crippen LogP contribution in [0.15, 0.2) is 29.4 Å². The number of aromatic nitrogens is 7. The Balaban J connectivity index is 1.45. The Hall–Kier alpha value is -3.59. The number of hydrogen-bond acceptors (Lipinski definition) is 12. The van der Waals surface area contributed by atoms with Gasteiger partial charge in [-0.05, 0) is 19.8 Å². The van der Waals surface area contributed by atoms with E-state index in [0.717, 1.165) is 18.5 Å². The monoisotopic (exact) mass is 541 g/mol. The van der Waals surface area contributed by atoms with E-state index in [2.05, 4.69) is 39.6 Å². The van der Waals surface area contributed by atoms with E-state index in [1.165, 1.54) is 12.4 Å². The summed E-state index contributed by atoms with van der Waals surface area (Å²) in [5.74, 6) is 1.15. The molecule has 5 heterocycles. The molecule has 5 N–H and O–H groups in total. The topological polar surface area (TPSA) is 181 Å². The van der Waals surface area contributed by atoms with Gasteiger partial charge in [0.2, 0.25) is 5.95 Å². The van der Waals surface area contributed by atoms with Crippen LogP contribution in [0.2, 0.25) is 0 Å². The summed E-state index contributed by atoms with van der Waals surface area (Å²) in [6, 6.07) is 1.69. The molecule has 0 radical (unpaired) electrons. The molecule has 0 saturated carbocycles. The number of aliphatic hydroxyl groups excluding tert-OH is 3. The number of rotatable bonds is 11. The SMILES string of the molecule is CCC(CC)Nc1nc(NCCc2cn(C)cn2)nc2c1ncn2[C@@H]1O[C@H](c2cc(C(C)O)no2)[C@@H](O)[C@H]1O. The van der Waals surface area contributed by atoms with Crippen molar-refractivity contribution in [3.8, 4) is 0 Å². The third-order valence-corrected chi connectivity index (χ3v) is 6.94. The standard InChI is InChI=1S/C25H35N9O5/c1-5-14(6-2)29-22-18-23(31-25(30-22)26-8-7-15-10-33(4)11-27-15)34(12-28-18)24-20(37)19(36)21(38-24)17-9-16(13(3)35)32-39-17/h9-14,19-21,24,35-37H,5-8H2,1-4H3,(H2,26,29,30,31)/t13?,19-,20+,21+,24+/m0/s1. The van der Waals surface area contributed by atoms with Crippen LogP contribution in [-0.2, 0) is 18.2 Å². The fourth-order valence-electron chi connectivity index (χ4n) is 4.63. The summed E-state index contributed by atoms with van der Waals surface area (Å²) >= 11 is 0. The van der Waals surface area contributed by atoms with Gasteiger partial charge in [-0.15, -0.1) is 0 Å². The Labute approximate surface area is 225 Å². The maximum absolute atomic E-state index is 10.9. The molecule has 4 aromatic heterocycles. The molecule has 0 spiro atoms. The number of hydrogen-bond donors (Lipinski definition) is 5. The van der Waals surface area contributed by atoms with Crippen molar-refractivity contribution in [2.75, 3.05) is 17.2 Å². The van der Waals surface area contributed by atoms with Gasteiger partial charge >= 0.3 is 0 Å². The lowest BCUT2D eigenvalue weighted by Crippen LogP contribution is -2.29. The molecule has 0 aromatic carbocycles. The van der Waals surface area contributed by atoms with Gasteiger partial charge in [-0.2, -0.15) is 9.97 Å². The average Bonchev–Trinajstić information content (AvgIpc) is 3.71. The lowest BCUT2D eigenvalue weighted by atomic mass is 10.1. The van der Waals surface area contributed by atoms with Crippen molar-refractivity contribution in [2.45, 2.75) is 76.7 Å². The molecule has 5 rings (SSSR count). The van der Waals surface area contributed by atoms with E-state index < -0.39 is 30.6 Å². The molecule has 1 aliphatic rings. The Morgan fingerprint density at radius 1 is 1.10 bits per heavy atom. The molecule has 1 aliphatic heterocycles. The minimum absolute atomic E-state index is 0.184. The van der Waals surface area contributed by atoms with E-state index in [0.29, 0.717) is 41.6 Å². The quantitative estimate of drug-likeness (QED) is 0.186. The number of fused-ring (bicyclic) bond motifs is 1. The number of imidazole rings is 2. The molecule has 14 nitrogen and oxygen atoms in total. The first-order valence-corrected chi connectivity index (χ1v) is 13.2. The third-order valence-electron chi connectivity index (χ3n) is 6.94. The number of aliphatic hydroxyl groups is 3. The van der Waals surface area contributed by atoms with Gasteiger partial charge in [-0.25, -0.2) is 9.97 Å². The highest BCUT2D eigenvalue weighted by Crippen LogP contribution is 2.40. The third kappa shape index (κ3) is 5.45. The van der Waals surface area contributed by atoms with Crippen LogP contribution >= 0.6 is 0 Å². The summed E-state index contributed by atoms with van der Waals surface area (Å²) < 4.78 is 14.8. The molecule has 4 aromatic rings. The molecule has 14 heteroatoms. The summed E-state index contributed by atoms with van der Waals surface area (Å²) in [6.45, 7) is 6.31. The van der Waals surface area contributed by atoms with Crippen LogP contribution in [0.3, 0.4) is 0 Å². The molecule has 0 aliphatic carbocycles. The van der Waals surface area contributed by atoms with Gasteiger partial charge in [0.25, 0.3) is 0 Å². The second kappa shape index (κ2) is 11.3. The first-order valence-electron chi connectivity index (χ1n) is 13.2. The van der Waals surface area contributed by atoms with Crippen molar-refractivity contribution >= 4 is 22.9 Å². The highest BCUT2D eigenvalue weighted by Gasteiger charge is 2.47. The molecule has 0 bridgehead atoms. The molecule has 1 saturated heterocycles. The van der Waals surface area contributed by atoms with E-state index in [1.807, 2.05) is 17.8 Å². The summed E-state index contributed by atoms with van der Waals surface area (Å²) in [4.78, 5) is 18.3. The minimum atomic E-state index is -1.31. The highest BCUT2D eigenvalue weighted by molar-refractivity contribution is 5.84. The van der Waals surface area contributed by atoms with E-state index in [-0.39, 0.29) is 11.8 Å². The van der Waals surface area contributed by atoms with Gasteiger partial charge in [-0.1, -0.05) is 19.0 Å². The Kier molecular flexibility index (Phi) is 7.79. The lowest BCUT2D eigenvalue weighted by molar-refractivity contribution is -0.0434. The van der Waals surface area contributed by atoms with Gasteiger partial charge < -0.3 is 39.8 Å². The molecule has 39 heavy (non-hydrogen) atoms. The van der Waals surface area contributed by atoms with Crippen LogP contribution in [0.5, 0.6) is 0 Å². The summed E-state index contributed by atoms with van der Waals surface area (Å²) in [6.07, 6.45) is 2.24. The molecule has 210 valence electrons. The Bertz CT molecular complexity index is 1400. The predicted octanol–water partition coefficient (Wildman–Crippen LogP) is 1.85. The van der Waals surface area contributed by atoms with Gasteiger partial charge in [0.1, 0.15) is 24.0 Å². The van der Waals surface area contributed by atoms with Gasteiger partial charge in [-0.3, -0.25) is 4.57 Å². The molecular formula is C25H35N9O5.